The number of rotatable bonds is 8. The van der Waals surface area contributed by atoms with Crippen molar-refractivity contribution in [3.63, 3.8) is 0 Å². The van der Waals surface area contributed by atoms with Crippen molar-refractivity contribution < 1.29 is 63.7 Å². The molecular formula is C33H46O13. The minimum atomic E-state index is -1.71. The molecule has 3 heterocycles. The van der Waals surface area contributed by atoms with E-state index in [4.69, 9.17) is 18.6 Å². The number of carbonyl (C=O) groups is 3. The van der Waals surface area contributed by atoms with Crippen LogP contribution in [0, 0.1) is 39.4 Å². The standard InChI is InChI=1S/C33H46O13/c1-29(2)19-10-20(35)32(5)18(31(19,4)21(46-29)11-22(36)37)6-8-30(3,33(32)12-16(33)27(41)42)26(15-7-9-43-14-15)45-28-25(40)24(39)23(38)17(13-34)44-28/h7,9,14,16-19,21,23-26,28,34,38-40H,6,8,10-13H2,1-5H3,(H,36,37)(H,41,42)/t16?,17-,18?,19?,21-,23-,24+,25-,26-,28+,30-,31?,32?,33?/m0/s1. The van der Waals surface area contributed by atoms with Crippen molar-refractivity contribution >= 4 is 17.7 Å². The summed E-state index contributed by atoms with van der Waals surface area (Å²) in [5.41, 5.74) is -4.51. The van der Waals surface area contributed by atoms with Crippen LogP contribution in [-0.4, -0.2) is 97.4 Å². The second-order valence-electron chi connectivity index (χ2n) is 15.4. The highest BCUT2D eigenvalue weighted by atomic mass is 16.7. The number of carbonyl (C=O) groups excluding carboxylic acids is 1. The maximum atomic E-state index is 14.7. The molecule has 6 rings (SSSR count). The third-order valence-electron chi connectivity index (χ3n) is 13.2. The Morgan fingerprint density at radius 3 is 2.30 bits per heavy atom. The number of fused-ring (bicyclic) bond motifs is 4. The van der Waals surface area contributed by atoms with Crippen molar-refractivity contribution in [2.75, 3.05) is 6.61 Å². The molecule has 3 saturated carbocycles. The molecule has 13 nitrogen and oxygen atoms in total. The van der Waals surface area contributed by atoms with E-state index in [9.17, 15) is 45.0 Å². The molecule has 5 fully saturated rings. The molecule has 2 aliphatic heterocycles. The van der Waals surface area contributed by atoms with E-state index in [-0.39, 0.29) is 31.0 Å². The summed E-state index contributed by atoms with van der Waals surface area (Å²) in [7, 11) is 0. The van der Waals surface area contributed by atoms with E-state index in [2.05, 4.69) is 0 Å². The van der Waals surface area contributed by atoms with E-state index in [1.54, 1.807) is 6.07 Å². The molecule has 14 atom stereocenters. The molecule has 2 saturated heterocycles. The lowest BCUT2D eigenvalue weighted by molar-refractivity contribution is -0.329. The molecule has 6 unspecified atom stereocenters. The van der Waals surface area contributed by atoms with Crippen LogP contribution in [0.2, 0.25) is 0 Å². The first-order chi connectivity index (χ1) is 21.4. The van der Waals surface area contributed by atoms with Crippen LogP contribution in [0.4, 0.5) is 0 Å². The number of ether oxygens (including phenoxy) is 3. The molecule has 1 aromatic heterocycles. The van der Waals surface area contributed by atoms with Gasteiger partial charge in [-0.3, -0.25) is 14.4 Å². The SMILES string of the molecule is CC1(C)O[C@@H](CC(=O)O)C2(C)C1CC(=O)C1(C)C2CC[C@@](C)([C@@H](O[C@H]2O[C@@H](CO)[C@H](O)[C@@H](O)[C@@H]2O)c2ccoc2)C12CC2C(=O)O. The lowest BCUT2D eigenvalue weighted by Gasteiger charge is -2.65. The number of hydrogen-bond donors (Lipinski definition) is 6. The molecule has 6 N–H and O–H groups in total. The monoisotopic (exact) mass is 650 g/mol. The van der Waals surface area contributed by atoms with Gasteiger partial charge in [0.15, 0.2) is 6.29 Å². The molecule has 46 heavy (non-hydrogen) atoms. The summed E-state index contributed by atoms with van der Waals surface area (Å²) < 4.78 is 24.1. The topological polar surface area (TPSA) is 213 Å². The lowest BCUT2D eigenvalue weighted by atomic mass is 9.36. The van der Waals surface area contributed by atoms with Crippen molar-refractivity contribution in [2.45, 2.75) is 115 Å². The van der Waals surface area contributed by atoms with Gasteiger partial charge in [-0.1, -0.05) is 20.8 Å². The van der Waals surface area contributed by atoms with Gasteiger partial charge in [0, 0.05) is 39.6 Å². The molecule has 0 bridgehead atoms. The fourth-order valence-electron chi connectivity index (χ4n) is 11.0. The molecule has 13 heteroatoms. The van der Waals surface area contributed by atoms with Crippen molar-refractivity contribution in [3.05, 3.63) is 24.2 Å². The van der Waals surface area contributed by atoms with Crippen LogP contribution >= 0.6 is 0 Å². The molecular weight excluding hydrogens is 604 g/mol. The summed E-state index contributed by atoms with van der Waals surface area (Å²) in [6.45, 7) is 8.83. The van der Waals surface area contributed by atoms with Crippen LogP contribution in [0.5, 0.6) is 0 Å². The Balaban J connectivity index is 1.48. The van der Waals surface area contributed by atoms with Gasteiger partial charge in [-0.15, -0.1) is 0 Å². The van der Waals surface area contributed by atoms with Gasteiger partial charge in [0.25, 0.3) is 0 Å². The van der Waals surface area contributed by atoms with Crippen LogP contribution in [0.1, 0.15) is 78.4 Å². The second kappa shape index (κ2) is 10.8. The quantitative estimate of drug-likeness (QED) is 0.238. The van der Waals surface area contributed by atoms with Gasteiger partial charge in [-0.05, 0) is 45.1 Å². The predicted molar refractivity (Wildman–Crippen MR) is 156 cm³/mol. The minimum Gasteiger partial charge on any atom is -0.481 e. The predicted octanol–water partition coefficient (Wildman–Crippen LogP) is 1.90. The van der Waals surface area contributed by atoms with Crippen LogP contribution < -0.4 is 0 Å². The fourth-order valence-corrected chi connectivity index (χ4v) is 11.0. The molecule has 0 amide bonds. The first-order valence-electron chi connectivity index (χ1n) is 16.1. The molecule has 3 aliphatic carbocycles. The normalized spacial score (nSPS) is 48.5. The zero-order valence-corrected chi connectivity index (χ0v) is 26.8. The largest absolute Gasteiger partial charge is 0.481 e. The highest BCUT2D eigenvalue weighted by molar-refractivity contribution is 5.91. The van der Waals surface area contributed by atoms with Gasteiger partial charge >= 0.3 is 11.9 Å². The van der Waals surface area contributed by atoms with Crippen LogP contribution in [0.25, 0.3) is 0 Å². The van der Waals surface area contributed by atoms with Crippen LogP contribution in [0.15, 0.2) is 23.0 Å². The number of carboxylic acids is 2. The Bertz CT molecular complexity index is 1380. The Morgan fingerprint density at radius 2 is 1.74 bits per heavy atom. The van der Waals surface area contributed by atoms with Crippen LogP contribution in [0.3, 0.4) is 0 Å². The zero-order valence-electron chi connectivity index (χ0n) is 26.8. The van der Waals surface area contributed by atoms with E-state index < -0.39 is 101 Å². The van der Waals surface area contributed by atoms with Gasteiger partial charge in [0.2, 0.25) is 0 Å². The molecule has 1 aromatic rings. The Kier molecular flexibility index (Phi) is 7.87. The summed E-state index contributed by atoms with van der Waals surface area (Å²) in [5.74, 6) is -3.80. The third-order valence-corrected chi connectivity index (χ3v) is 13.2. The molecule has 0 radical (unpaired) electrons. The first kappa shape index (κ1) is 33.5. The van der Waals surface area contributed by atoms with Crippen molar-refractivity contribution in [2.24, 2.45) is 39.4 Å². The summed E-state index contributed by atoms with van der Waals surface area (Å²) in [5, 5.41) is 62.1. The molecule has 256 valence electrons. The summed E-state index contributed by atoms with van der Waals surface area (Å²) in [6, 6.07) is 1.65. The summed E-state index contributed by atoms with van der Waals surface area (Å²) in [6.07, 6.45) is -5.80. The number of aliphatic hydroxyl groups is 4. The smallest absolute Gasteiger partial charge is 0.307 e. The number of carboxylic acid groups (broad SMARTS) is 2. The van der Waals surface area contributed by atoms with Gasteiger partial charge in [-0.2, -0.15) is 0 Å². The maximum Gasteiger partial charge on any atom is 0.307 e. The van der Waals surface area contributed by atoms with E-state index in [0.29, 0.717) is 18.4 Å². The van der Waals surface area contributed by atoms with Gasteiger partial charge < -0.3 is 49.3 Å². The molecule has 5 aliphatic rings. The zero-order chi connectivity index (χ0) is 33.8. The van der Waals surface area contributed by atoms with E-state index in [1.807, 2.05) is 34.6 Å². The second-order valence-corrected chi connectivity index (χ2v) is 15.4. The van der Waals surface area contributed by atoms with E-state index in [1.165, 1.54) is 12.5 Å². The van der Waals surface area contributed by atoms with Crippen LogP contribution in [-0.2, 0) is 28.6 Å². The molecule has 1 spiro atoms. The summed E-state index contributed by atoms with van der Waals surface area (Å²) in [4.78, 5) is 39.7. The minimum absolute atomic E-state index is 0.0962. The number of ketones is 1. The average molecular weight is 651 g/mol. The maximum absolute atomic E-state index is 14.7. The Hall–Kier alpha value is -2.39. The third kappa shape index (κ3) is 4.28. The highest BCUT2D eigenvalue weighted by Crippen LogP contribution is 2.84. The van der Waals surface area contributed by atoms with Gasteiger partial charge in [-0.25, -0.2) is 0 Å². The lowest BCUT2D eigenvalue weighted by Crippen LogP contribution is -2.67. The Morgan fingerprint density at radius 1 is 1.04 bits per heavy atom. The summed E-state index contributed by atoms with van der Waals surface area (Å²) >= 11 is 0. The molecule has 0 aromatic carbocycles. The number of Topliss-reactive ketones (excluding diaryl/α,β-unsaturated/α-hetero) is 1. The number of aliphatic hydroxyl groups excluding tert-OH is 4. The Labute approximate surface area is 266 Å². The van der Waals surface area contributed by atoms with Crippen molar-refractivity contribution in [3.8, 4) is 0 Å². The fraction of sp³-hybridized carbons (Fsp3) is 0.788. The first-order valence-corrected chi connectivity index (χ1v) is 16.1. The number of furan rings is 1. The van der Waals surface area contributed by atoms with Gasteiger partial charge in [0.05, 0.1) is 49.3 Å². The van der Waals surface area contributed by atoms with E-state index in [0.717, 1.165) is 0 Å². The number of aliphatic carboxylic acids is 2. The van der Waals surface area contributed by atoms with E-state index >= 15 is 0 Å². The van der Waals surface area contributed by atoms with Crippen molar-refractivity contribution in [1.82, 2.24) is 0 Å². The number of hydrogen-bond acceptors (Lipinski definition) is 11. The highest BCUT2D eigenvalue weighted by Gasteiger charge is 2.85. The average Bonchev–Trinajstić information content (AvgIpc) is 3.48. The van der Waals surface area contributed by atoms with Gasteiger partial charge in [0.1, 0.15) is 30.2 Å². The van der Waals surface area contributed by atoms with Crippen molar-refractivity contribution in [1.29, 1.82) is 0 Å².